The Bertz CT molecular complexity index is 923. The first-order valence-electron chi connectivity index (χ1n) is 9.39. The third-order valence-electron chi connectivity index (χ3n) is 4.83. The lowest BCUT2D eigenvalue weighted by atomic mass is 10.1. The molecule has 0 spiro atoms. The van der Waals surface area contributed by atoms with Gasteiger partial charge in [-0.15, -0.1) is 11.3 Å². The molecular formula is C19H25N3O5S2. The highest BCUT2D eigenvalue weighted by Crippen LogP contribution is 2.29. The van der Waals surface area contributed by atoms with Gasteiger partial charge in [0.15, 0.2) is 11.5 Å². The summed E-state index contributed by atoms with van der Waals surface area (Å²) >= 11 is 1.50. The van der Waals surface area contributed by atoms with Crippen LogP contribution in [-0.4, -0.2) is 55.6 Å². The van der Waals surface area contributed by atoms with Crippen LogP contribution in [0.15, 0.2) is 29.1 Å². The molecule has 1 aliphatic rings. The van der Waals surface area contributed by atoms with Crippen LogP contribution >= 0.6 is 11.3 Å². The Kier molecular flexibility index (Phi) is 7.09. The zero-order valence-corrected chi connectivity index (χ0v) is 18.1. The van der Waals surface area contributed by atoms with E-state index >= 15 is 0 Å². The number of amides is 1. The third-order valence-corrected chi connectivity index (χ3v) is 7.35. The van der Waals surface area contributed by atoms with Crippen LogP contribution in [0.2, 0.25) is 0 Å². The van der Waals surface area contributed by atoms with Crippen LogP contribution in [0.1, 0.15) is 35.8 Å². The highest BCUT2D eigenvalue weighted by molar-refractivity contribution is 7.89. The van der Waals surface area contributed by atoms with Crippen molar-refractivity contribution >= 4 is 27.3 Å². The molecule has 1 aliphatic heterocycles. The standard InChI is InChI=1S/C19H25N3O5S2/c1-3-29(24,25)22-8-6-15(7-9-22)21-19(23)14-4-5-17(18(10-14)26-2)27-11-16-12-28-13-20-16/h4-5,10,12-13,15H,3,6-9,11H2,1-2H3,(H,21,23). The molecule has 0 aliphatic carbocycles. The largest absolute Gasteiger partial charge is 0.493 e. The third kappa shape index (κ3) is 5.46. The molecule has 10 heteroatoms. The number of thiazole rings is 1. The molecule has 1 aromatic carbocycles. The quantitative estimate of drug-likeness (QED) is 0.678. The molecule has 1 fully saturated rings. The van der Waals surface area contributed by atoms with Gasteiger partial charge >= 0.3 is 0 Å². The zero-order valence-electron chi connectivity index (χ0n) is 16.5. The number of benzene rings is 1. The predicted molar refractivity (Wildman–Crippen MR) is 111 cm³/mol. The fourth-order valence-corrected chi connectivity index (χ4v) is 4.79. The first kappa shape index (κ1) is 21.5. The number of aromatic nitrogens is 1. The van der Waals surface area contributed by atoms with Crippen LogP contribution < -0.4 is 14.8 Å². The van der Waals surface area contributed by atoms with Crippen molar-refractivity contribution in [2.45, 2.75) is 32.4 Å². The summed E-state index contributed by atoms with van der Waals surface area (Å²) in [5.74, 6) is 0.888. The summed E-state index contributed by atoms with van der Waals surface area (Å²) in [6.45, 7) is 2.81. The summed E-state index contributed by atoms with van der Waals surface area (Å²) in [6.07, 6.45) is 1.19. The van der Waals surface area contributed by atoms with Gasteiger partial charge in [-0.25, -0.2) is 17.7 Å². The van der Waals surface area contributed by atoms with Crippen LogP contribution in [0.5, 0.6) is 11.5 Å². The van der Waals surface area contributed by atoms with Crippen molar-refractivity contribution in [3.63, 3.8) is 0 Å². The number of nitrogens with one attached hydrogen (secondary N) is 1. The molecule has 0 radical (unpaired) electrons. The molecule has 2 heterocycles. The van der Waals surface area contributed by atoms with E-state index in [-0.39, 0.29) is 17.7 Å². The number of nitrogens with zero attached hydrogens (tertiary/aromatic N) is 2. The number of hydrogen-bond donors (Lipinski definition) is 1. The van der Waals surface area contributed by atoms with Crippen LogP contribution in [0, 0.1) is 0 Å². The molecule has 8 nitrogen and oxygen atoms in total. The smallest absolute Gasteiger partial charge is 0.251 e. The van der Waals surface area contributed by atoms with E-state index in [1.807, 2.05) is 5.38 Å². The number of sulfonamides is 1. The lowest BCUT2D eigenvalue weighted by Gasteiger charge is -2.31. The van der Waals surface area contributed by atoms with Crippen molar-refractivity contribution in [1.82, 2.24) is 14.6 Å². The molecule has 0 bridgehead atoms. The van der Waals surface area contributed by atoms with Gasteiger partial charge in [-0.05, 0) is 38.0 Å². The van der Waals surface area contributed by atoms with Crippen molar-refractivity contribution in [1.29, 1.82) is 0 Å². The molecule has 1 amide bonds. The summed E-state index contributed by atoms with van der Waals surface area (Å²) in [4.78, 5) is 16.8. The van der Waals surface area contributed by atoms with Crippen molar-refractivity contribution in [2.75, 3.05) is 26.0 Å². The number of ether oxygens (including phenoxy) is 2. The van der Waals surface area contributed by atoms with Gasteiger partial charge in [0, 0.05) is 30.1 Å². The number of rotatable bonds is 8. The van der Waals surface area contributed by atoms with Gasteiger partial charge in [0.1, 0.15) is 6.61 Å². The first-order chi connectivity index (χ1) is 13.9. The van der Waals surface area contributed by atoms with Crippen LogP contribution in [0.4, 0.5) is 0 Å². The number of piperidine rings is 1. The van der Waals surface area contributed by atoms with Gasteiger partial charge in [-0.2, -0.15) is 0 Å². The molecule has 1 saturated heterocycles. The van der Waals surface area contributed by atoms with Crippen LogP contribution in [0.25, 0.3) is 0 Å². The van der Waals surface area contributed by atoms with Crippen molar-refractivity contribution in [3.05, 3.63) is 40.3 Å². The lowest BCUT2D eigenvalue weighted by Crippen LogP contribution is -2.46. The maximum Gasteiger partial charge on any atom is 0.251 e. The Morgan fingerprint density at radius 2 is 2.07 bits per heavy atom. The zero-order chi connectivity index (χ0) is 20.9. The Balaban J connectivity index is 1.58. The van der Waals surface area contributed by atoms with Gasteiger partial charge in [0.25, 0.3) is 5.91 Å². The van der Waals surface area contributed by atoms with E-state index in [0.717, 1.165) is 5.69 Å². The molecule has 1 aromatic heterocycles. The fraction of sp³-hybridized carbons (Fsp3) is 0.474. The minimum Gasteiger partial charge on any atom is -0.493 e. The highest BCUT2D eigenvalue weighted by atomic mass is 32.2. The second-order valence-electron chi connectivity index (χ2n) is 6.68. The van der Waals surface area contributed by atoms with Crippen LogP contribution in [0.3, 0.4) is 0 Å². The van der Waals surface area contributed by atoms with E-state index in [0.29, 0.717) is 49.6 Å². The van der Waals surface area contributed by atoms with E-state index < -0.39 is 10.0 Å². The average molecular weight is 440 g/mol. The number of carbonyl (C=O) groups is 1. The van der Waals surface area contributed by atoms with Crippen molar-refractivity contribution < 1.29 is 22.7 Å². The minimum absolute atomic E-state index is 0.0580. The monoisotopic (exact) mass is 439 g/mol. The molecule has 1 N–H and O–H groups in total. The predicted octanol–water partition coefficient (Wildman–Crippen LogP) is 2.27. The Morgan fingerprint density at radius 1 is 1.31 bits per heavy atom. The summed E-state index contributed by atoms with van der Waals surface area (Å²) < 4.78 is 36.5. The van der Waals surface area contributed by atoms with Gasteiger partial charge in [-0.3, -0.25) is 4.79 Å². The normalized spacial score (nSPS) is 15.8. The van der Waals surface area contributed by atoms with Gasteiger partial charge in [0.2, 0.25) is 10.0 Å². The summed E-state index contributed by atoms with van der Waals surface area (Å²) in [5.41, 5.74) is 3.03. The highest BCUT2D eigenvalue weighted by Gasteiger charge is 2.27. The maximum absolute atomic E-state index is 12.6. The van der Waals surface area contributed by atoms with Crippen molar-refractivity contribution in [3.8, 4) is 11.5 Å². The maximum atomic E-state index is 12.6. The first-order valence-corrected chi connectivity index (χ1v) is 11.9. The summed E-state index contributed by atoms with van der Waals surface area (Å²) in [5, 5.41) is 4.89. The van der Waals surface area contributed by atoms with E-state index in [9.17, 15) is 13.2 Å². The Morgan fingerprint density at radius 3 is 2.69 bits per heavy atom. The van der Waals surface area contributed by atoms with E-state index in [2.05, 4.69) is 10.3 Å². The molecule has 158 valence electrons. The van der Waals surface area contributed by atoms with Gasteiger partial charge < -0.3 is 14.8 Å². The summed E-state index contributed by atoms with van der Waals surface area (Å²) in [6, 6.07) is 4.97. The molecule has 29 heavy (non-hydrogen) atoms. The SMILES string of the molecule is CCS(=O)(=O)N1CCC(NC(=O)c2ccc(OCc3cscn3)c(OC)c2)CC1. The molecule has 0 saturated carbocycles. The number of carbonyl (C=O) groups excluding carboxylic acids is 1. The van der Waals surface area contributed by atoms with Gasteiger partial charge in [0.05, 0.1) is 24.1 Å². The van der Waals surface area contributed by atoms with Crippen molar-refractivity contribution in [2.24, 2.45) is 0 Å². The Hall–Kier alpha value is -2.17. The molecule has 3 rings (SSSR count). The molecule has 2 aromatic rings. The van der Waals surface area contributed by atoms with E-state index in [1.54, 1.807) is 30.6 Å². The second-order valence-corrected chi connectivity index (χ2v) is 9.66. The topological polar surface area (TPSA) is 97.8 Å². The summed E-state index contributed by atoms with van der Waals surface area (Å²) in [7, 11) is -1.65. The molecular weight excluding hydrogens is 414 g/mol. The van der Waals surface area contributed by atoms with E-state index in [1.165, 1.54) is 22.8 Å². The van der Waals surface area contributed by atoms with Gasteiger partial charge in [-0.1, -0.05) is 0 Å². The van der Waals surface area contributed by atoms with E-state index in [4.69, 9.17) is 9.47 Å². The lowest BCUT2D eigenvalue weighted by molar-refractivity contribution is 0.0923. The minimum atomic E-state index is -3.17. The van der Waals surface area contributed by atoms with Crippen LogP contribution in [-0.2, 0) is 16.6 Å². The number of hydrogen-bond acceptors (Lipinski definition) is 7. The second kappa shape index (κ2) is 9.55. The molecule has 0 atom stereocenters. The average Bonchev–Trinajstić information content (AvgIpc) is 3.26. The number of methoxy groups -OCH3 is 1. The Labute approximate surface area is 174 Å². The fourth-order valence-electron chi connectivity index (χ4n) is 3.12. The molecule has 0 unspecified atom stereocenters.